The molecule has 0 atom stereocenters. The highest BCUT2D eigenvalue weighted by molar-refractivity contribution is 7.98. The van der Waals surface area contributed by atoms with Crippen molar-refractivity contribution in [1.82, 2.24) is 20.1 Å². The number of nitrogens with one attached hydrogen (secondary N) is 1. The third kappa shape index (κ3) is 4.01. The molecule has 2 aromatic carbocycles. The van der Waals surface area contributed by atoms with E-state index in [-0.39, 0.29) is 11.8 Å². The number of aryl methyl sites for hydroxylation is 1. The second-order valence-corrected chi connectivity index (χ2v) is 9.19. The van der Waals surface area contributed by atoms with Gasteiger partial charge in [0.2, 0.25) is 5.91 Å². The van der Waals surface area contributed by atoms with Crippen molar-refractivity contribution in [2.45, 2.75) is 55.6 Å². The number of nitrogens with zero attached hydrogens (tertiary/aromatic N) is 3. The molecule has 32 heavy (non-hydrogen) atoms. The van der Waals surface area contributed by atoms with Gasteiger partial charge in [0, 0.05) is 30.1 Å². The Morgan fingerprint density at radius 2 is 1.72 bits per heavy atom. The Hall–Kier alpha value is -2.80. The lowest BCUT2D eigenvalue weighted by molar-refractivity contribution is -0.121. The van der Waals surface area contributed by atoms with E-state index in [0.717, 1.165) is 46.4 Å². The Morgan fingerprint density at radius 1 is 1.06 bits per heavy atom. The molecule has 0 radical (unpaired) electrons. The molecule has 0 saturated heterocycles. The SMILES string of the molecule is CSc1nnc(CCCNC(=O)C2c3ccccc3Oc3ccccc32)n1C1CCCC1. The van der Waals surface area contributed by atoms with Crippen LogP contribution in [0.5, 0.6) is 11.5 Å². The van der Waals surface area contributed by atoms with Gasteiger partial charge in [-0.2, -0.15) is 0 Å². The number of hydrogen-bond donors (Lipinski definition) is 1. The lowest BCUT2D eigenvalue weighted by Gasteiger charge is -2.27. The van der Waals surface area contributed by atoms with Crippen LogP contribution in [0.2, 0.25) is 0 Å². The number of carbonyl (C=O) groups excluding carboxylic acids is 1. The second kappa shape index (κ2) is 9.36. The molecule has 1 N–H and O–H groups in total. The first-order valence-corrected chi connectivity index (χ1v) is 12.6. The number of thioether (sulfide) groups is 1. The largest absolute Gasteiger partial charge is 0.457 e. The minimum Gasteiger partial charge on any atom is -0.457 e. The van der Waals surface area contributed by atoms with Crippen molar-refractivity contribution in [1.29, 1.82) is 0 Å². The molecule has 1 aliphatic carbocycles. The first-order chi connectivity index (χ1) is 15.8. The van der Waals surface area contributed by atoms with E-state index >= 15 is 0 Å². The zero-order valence-electron chi connectivity index (χ0n) is 18.3. The van der Waals surface area contributed by atoms with Crippen LogP contribution in [-0.2, 0) is 11.2 Å². The maximum absolute atomic E-state index is 13.3. The number of para-hydroxylation sites is 2. The van der Waals surface area contributed by atoms with Gasteiger partial charge in [-0.05, 0) is 37.7 Å². The number of aromatic nitrogens is 3. The van der Waals surface area contributed by atoms with Gasteiger partial charge in [-0.15, -0.1) is 10.2 Å². The number of rotatable bonds is 7. The van der Waals surface area contributed by atoms with Gasteiger partial charge in [-0.25, -0.2) is 0 Å². The summed E-state index contributed by atoms with van der Waals surface area (Å²) in [5.74, 6) is 2.19. The van der Waals surface area contributed by atoms with E-state index < -0.39 is 0 Å². The number of carbonyl (C=O) groups is 1. The van der Waals surface area contributed by atoms with Crippen LogP contribution in [-0.4, -0.2) is 33.5 Å². The van der Waals surface area contributed by atoms with Gasteiger partial charge >= 0.3 is 0 Å². The molecule has 1 aromatic heterocycles. The maximum Gasteiger partial charge on any atom is 0.232 e. The number of amides is 1. The van der Waals surface area contributed by atoms with Crippen LogP contribution in [0.3, 0.4) is 0 Å². The summed E-state index contributed by atoms with van der Waals surface area (Å²) in [5, 5.41) is 13.0. The van der Waals surface area contributed by atoms with Crippen molar-refractivity contribution in [3.63, 3.8) is 0 Å². The molecule has 3 aromatic rings. The van der Waals surface area contributed by atoms with Crippen LogP contribution in [0.4, 0.5) is 0 Å². The van der Waals surface area contributed by atoms with E-state index in [0.29, 0.717) is 12.6 Å². The summed E-state index contributed by atoms with van der Waals surface area (Å²) in [5.41, 5.74) is 1.82. The predicted octanol–water partition coefficient (Wildman–Crippen LogP) is 5.10. The average molecular weight is 449 g/mol. The van der Waals surface area contributed by atoms with E-state index in [1.165, 1.54) is 25.7 Å². The molecule has 0 unspecified atom stereocenters. The number of ether oxygens (including phenoxy) is 1. The third-order valence-electron chi connectivity index (χ3n) is 6.43. The van der Waals surface area contributed by atoms with Gasteiger partial charge in [0.15, 0.2) is 5.16 Å². The van der Waals surface area contributed by atoms with Crippen LogP contribution >= 0.6 is 11.8 Å². The summed E-state index contributed by atoms with van der Waals surface area (Å²) in [7, 11) is 0. The zero-order valence-corrected chi connectivity index (χ0v) is 19.1. The van der Waals surface area contributed by atoms with E-state index in [1.807, 2.05) is 48.5 Å². The lowest BCUT2D eigenvalue weighted by Crippen LogP contribution is -2.32. The number of fused-ring (bicyclic) bond motifs is 2. The molecule has 2 heterocycles. The second-order valence-electron chi connectivity index (χ2n) is 8.42. The van der Waals surface area contributed by atoms with Crippen molar-refractivity contribution in [2.75, 3.05) is 12.8 Å². The van der Waals surface area contributed by atoms with Crippen LogP contribution in [0.25, 0.3) is 0 Å². The Balaban J connectivity index is 1.26. The summed E-state index contributed by atoms with van der Waals surface area (Å²) in [6.07, 6.45) is 8.67. The maximum atomic E-state index is 13.3. The molecule has 0 spiro atoms. The van der Waals surface area contributed by atoms with Crippen LogP contribution in [0.15, 0.2) is 53.7 Å². The molecule has 0 bridgehead atoms. The van der Waals surface area contributed by atoms with Crippen LogP contribution in [0, 0.1) is 0 Å². The molecule has 166 valence electrons. The minimum absolute atomic E-state index is 0.00950. The molecule has 5 rings (SSSR count). The van der Waals surface area contributed by atoms with Gasteiger partial charge < -0.3 is 14.6 Å². The van der Waals surface area contributed by atoms with Gasteiger partial charge in [-0.1, -0.05) is 61.0 Å². The van der Waals surface area contributed by atoms with Crippen molar-refractivity contribution in [3.8, 4) is 11.5 Å². The highest BCUT2D eigenvalue weighted by Crippen LogP contribution is 2.43. The molecule has 2 aliphatic rings. The summed E-state index contributed by atoms with van der Waals surface area (Å²) in [6, 6.07) is 16.1. The Labute approximate surface area is 192 Å². The van der Waals surface area contributed by atoms with E-state index in [1.54, 1.807) is 11.8 Å². The van der Waals surface area contributed by atoms with E-state index in [4.69, 9.17) is 4.74 Å². The predicted molar refractivity (Wildman–Crippen MR) is 125 cm³/mol. The van der Waals surface area contributed by atoms with E-state index in [9.17, 15) is 4.79 Å². The van der Waals surface area contributed by atoms with Crippen molar-refractivity contribution in [3.05, 3.63) is 65.5 Å². The molecule has 1 saturated carbocycles. The van der Waals surface area contributed by atoms with Gasteiger partial charge in [0.05, 0.1) is 5.92 Å². The molecule has 1 aliphatic heterocycles. The summed E-state index contributed by atoms with van der Waals surface area (Å²) in [4.78, 5) is 13.3. The van der Waals surface area contributed by atoms with Crippen molar-refractivity contribution in [2.24, 2.45) is 0 Å². The zero-order chi connectivity index (χ0) is 21.9. The highest BCUT2D eigenvalue weighted by atomic mass is 32.2. The average Bonchev–Trinajstić information content (AvgIpc) is 3.49. The molecular formula is C25H28N4O2S. The normalized spacial score (nSPS) is 15.8. The first-order valence-electron chi connectivity index (χ1n) is 11.4. The molecular weight excluding hydrogens is 420 g/mol. The summed E-state index contributed by atoms with van der Waals surface area (Å²) in [6.45, 7) is 0.604. The molecule has 6 nitrogen and oxygen atoms in total. The lowest BCUT2D eigenvalue weighted by atomic mass is 9.87. The van der Waals surface area contributed by atoms with Crippen LogP contribution < -0.4 is 10.1 Å². The Bertz CT molecular complexity index is 1060. The first kappa shape index (κ1) is 21.1. The van der Waals surface area contributed by atoms with E-state index in [2.05, 4.69) is 26.3 Å². The molecule has 1 amide bonds. The van der Waals surface area contributed by atoms with Crippen molar-refractivity contribution < 1.29 is 9.53 Å². The quantitative estimate of drug-likeness (QED) is 0.402. The minimum atomic E-state index is -0.360. The number of hydrogen-bond acceptors (Lipinski definition) is 5. The fourth-order valence-corrected chi connectivity index (χ4v) is 5.47. The van der Waals surface area contributed by atoms with Gasteiger partial charge in [0.1, 0.15) is 17.3 Å². The van der Waals surface area contributed by atoms with Crippen LogP contribution in [0.1, 0.15) is 61.0 Å². The highest BCUT2D eigenvalue weighted by Gasteiger charge is 2.32. The monoisotopic (exact) mass is 448 g/mol. The number of benzene rings is 2. The molecule has 1 fully saturated rings. The summed E-state index contributed by atoms with van der Waals surface area (Å²) >= 11 is 1.66. The van der Waals surface area contributed by atoms with Crippen molar-refractivity contribution >= 4 is 17.7 Å². The van der Waals surface area contributed by atoms with Gasteiger partial charge in [-0.3, -0.25) is 4.79 Å². The Kier molecular flexibility index (Phi) is 6.17. The van der Waals surface area contributed by atoms with Gasteiger partial charge in [0.25, 0.3) is 0 Å². The standard InChI is InChI=1S/C25H28N4O2S/c1-32-25-28-27-22(29(25)17-9-2-3-10-17)15-8-16-26-24(30)23-18-11-4-6-13-20(18)31-21-14-7-5-12-19(21)23/h4-7,11-14,17,23H,2-3,8-10,15-16H2,1H3,(H,26,30). The fraction of sp³-hybridized carbons (Fsp3) is 0.400. The summed E-state index contributed by atoms with van der Waals surface area (Å²) < 4.78 is 8.35. The third-order valence-corrected chi connectivity index (χ3v) is 7.07. The topological polar surface area (TPSA) is 69.0 Å². The molecule has 7 heteroatoms. The smallest absolute Gasteiger partial charge is 0.232 e. The Morgan fingerprint density at radius 3 is 2.38 bits per heavy atom. The fourth-order valence-electron chi connectivity index (χ4n) is 4.90.